The maximum Gasteiger partial charge on any atom is 0.124 e. The molecule has 0 amide bonds. The average molecular weight is 189 g/mol. The molecule has 2 nitrogen and oxygen atoms in total. The van der Waals surface area contributed by atoms with E-state index >= 15 is 0 Å². The van der Waals surface area contributed by atoms with Crippen molar-refractivity contribution in [3.63, 3.8) is 0 Å². The molecule has 14 heavy (non-hydrogen) atoms. The summed E-state index contributed by atoms with van der Waals surface area (Å²) < 4.78 is 5.75. The fourth-order valence-corrected chi connectivity index (χ4v) is 1.96. The van der Waals surface area contributed by atoms with Gasteiger partial charge in [-0.15, -0.1) is 0 Å². The fraction of sp³-hybridized carbons (Fsp3) is 0.333. The largest absolute Gasteiger partial charge is 0.365 e. The number of ether oxygens (including phenoxy) is 1. The molecular weight excluding hydrogens is 174 g/mol. The summed E-state index contributed by atoms with van der Waals surface area (Å²) in [6.45, 7) is 3.16. The number of nitrogens with two attached hydrogens (primary N) is 1. The first kappa shape index (κ1) is 9.44. The molecule has 0 aromatic heterocycles. The average Bonchev–Trinajstić information content (AvgIpc) is 2.59. The monoisotopic (exact) mass is 189 g/mol. The Kier molecular flexibility index (Phi) is 2.40. The van der Waals surface area contributed by atoms with Crippen molar-refractivity contribution in [1.82, 2.24) is 0 Å². The maximum absolute atomic E-state index is 5.79. The Hall–Kier alpha value is -1.12. The zero-order valence-electron chi connectivity index (χ0n) is 8.36. The highest BCUT2D eigenvalue weighted by Gasteiger charge is 2.33. The summed E-state index contributed by atoms with van der Waals surface area (Å²) >= 11 is 0. The van der Waals surface area contributed by atoms with Gasteiger partial charge in [0.15, 0.2) is 0 Å². The molecule has 0 bridgehead atoms. The molecule has 0 heterocycles. The minimum absolute atomic E-state index is 0.384. The number of benzene rings is 1. The summed E-state index contributed by atoms with van der Waals surface area (Å²) in [5.74, 6) is 0. The lowest BCUT2D eigenvalue weighted by molar-refractivity contribution is 0.00490. The number of hydrogen-bond acceptors (Lipinski definition) is 2. The predicted molar refractivity (Wildman–Crippen MR) is 57.8 cm³/mol. The van der Waals surface area contributed by atoms with Gasteiger partial charge in [-0.05, 0) is 24.1 Å². The fourth-order valence-electron chi connectivity index (χ4n) is 1.96. The lowest BCUT2D eigenvalue weighted by atomic mass is 9.96. The van der Waals surface area contributed by atoms with Gasteiger partial charge in [-0.2, -0.15) is 0 Å². The Morgan fingerprint density at radius 3 is 2.86 bits per heavy atom. The third-order valence-corrected chi connectivity index (χ3v) is 2.65. The number of rotatable bonds is 3. The number of fused-ring (bicyclic) bond motifs is 1. The van der Waals surface area contributed by atoms with Crippen molar-refractivity contribution in [2.24, 2.45) is 5.73 Å². The van der Waals surface area contributed by atoms with Crippen molar-refractivity contribution in [1.29, 1.82) is 0 Å². The van der Waals surface area contributed by atoms with Crippen LogP contribution in [0.25, 0.3) is 6.08 Å². The highest BCUT2D eigenvalue weighted by Crippen LogP contribution is 2.35. The Balaban J connectivity index is 2.44. The Bertz CT molecular complexity index is 359. The van der Waals surface area contributed by atoms with Gasteiger partial charge in [-0.1, -0.05) is 30.3 Å². The summed E-state index contributed by atoms with van der Waals surface area (Å²) in [6, 6.07) is 8.22. The van der Waals surface area contributed by atoms with Crippen LogP contribution >= 0.6 is 0 Å². The Morgan fingerprint density at radius 1 is 1.36 bits per heavy atom. The molecule has 0 radical (unpaired) electrons. The van der Waals surface area contributed by atoms with Crippen LogP contribution in [0.1, 0.15) is 18.1 Å². The minimum atomic E-state index is -0.384. The molecule has 1 aliphatic carbocycles. The maximum atomic E-state index is 5.79. The van der Waals surface area contributed by atoms with Crippen molar-refractivity contribution in [3.05, 3.63) is 41.5 Å². The van der Waals surface area contributed by atoms with Gasteiger partial charge in [-0.3, -0.25) is 0 Å². The van der Waals surface area contributed by atoms with Crippen LogP contribution in [0.4, 0.5) is 0 Å². The van der Waals surface area contributed by atoms with Crippen molar-refractivity contribution >= 4 is 6.08 Å². The van der Waals surface area contributed by atoms with Crippen LogP contribution in [0, 0.1) is 0 Å². The molecule has 2 N–H and O–H groups in total. The Morgan fingerprint density at radius 2 is 2.14 bits per heavy atom. The normalized spacial score (nSPS) is 23.9. The third kappa shape index (κ3) is 1.27. The van der Waals surface area contributed by atoms with E-state index in [-0.39, 0.29) is 5.60 Å². The summed E-state index contributed by atoms with van der Waals surface area (Å²) in [4.78, 5) is 0. The van der Waals surface area contributed by atoms with E-state index in [1.54, 1.807) is 0 Å². The summed E-state index contributed by atoms with van der Waals surface area (Å²) in [5, 5.41) is 0. The minimum Gasteiger partial charge on any atom is -0.365 e. The molecule has 0 fully saturated rings. The van der Waals surface area contributed by atoms with Crippen LogP contribution in [0.15, 0.2) is 30.3 Å². The third-order valence-electron chi connectivity index (χ3n) is 2.65. The van der Waals surface area contributed by atoms with E-state index in [1.165, 1.54) is 11.1 Å². The molecule has 1 aliphatic rings. The highest BCUT2D eigenvalue weighted by molar-refractivity contribution is 5.64. The molecule has 0 saturated carbocycles. The van der Waals surface area contributed by atoms with E-state index in [9.17, 15) is 0 Å². The van der Waals surface area contributed by atoms with Crippen LogP contribution in [-0.4, -0.2) is 13.2 Å². The van der Waals surface area contributed by atoms with Crippen LogP contribution in [0.5, 0.6) is 0 Å². The molecule has 0 aliphatic heterocycles. The Labute approximate surface area is 84.4 Å². The summed E-state index contributed by atoms with van der Waals surface area (Å²) in [6.07, 6.45) is 4.14. The van der Waals surface area contributed by atoms with Crippen LogP contribution in [-0.2, 0) is 10.3 Å². The molecule has 1 unspecified atom stereocenters. The SMILES string of the molecule is CCOC1(CN)C=Cc2ccccc21. The molecule has 1 aromatic carbocycles. The van der Waals surface area contributed by atoms with E-state index in [2.05, 4.69) is 24.3 Å². The smallest absolute Gasteiger partial charge is 0.124 e. The summed E-state index contributed by atoms with van der Waals surface area (Å²) in [5.41, 5.74) is 7.81. The zero-order valence-corrected chi connectivity index (χ0v) is 8.36. The van der Waals surface area contributed by atoms with Crippen LogP contribution in [0.3, 0.4) is 0 Å². The highest BCUT2D eigenvalue weighted by atomic mass is 16.5. The van der Waals surface area contributed by atoms with Crippen molar-refractivity contribution in [2.45, 2.75) is 12.5 Å². The van der Waals surface area contributed by atoms with Crippen molar-refractivity contribution < 1.29 is 4.74 Å². The van der Waals surface area contributed by atoms with E-state index in [4.69, 9.17) is 10.5 Å². The molecule has 2 rings (SSSR count). The first-order chi connectivity index (χ1) is 6.82. The van der Waals surface area contributed by atoms with E-state index in [1.807, 2.05) is 19.1 Å². The van der Waals surface area contributed by atoms with E-state index < -0.39 is 0 Å². The van der Waals surface area contributed by atoms with Crippen LogP contribution in [0.2, 0.25) is 0 Å². The van der Waals surface area contributed by atoms with E-state index in [0.29, 0.717) is 13.2 Å². The van der Waals surface area contributed by atoms with E-state index in [0.717, 1.165) is 0 Å². The second-order valence-corrected chi connectivity index (χ2v) is 3.45. The van der Waals surface area contributed by atoms with Gasteiger partial charge in [0, 0.05) is 13.2 Å². The van der Waals surface area contributed by atoms with Crippen molar-refractivity contribution in [3.8, 4) is 0 Å². The lowest BCUT2D eigenvalue weighted by Crippen LogP contribution is -2.34. The predicted octanol–water partition coefficient (Wildman–Crippen LogP) is 1.90. The first-order valence-electron chi connectivity index (χ1n) is 4.95. The summed E-state index contributed by atoms with van der Waals surface area (Å²) in [7, 11) is 0. The topological polar surface area (TPSA) is 35.2 Å². The molecule has 0 saturated heterocycles. The van der Waals surface area contributed by atoms with Gasteiger partial charge in [0.2, 0.25) is 0 Å². The van der Waals surface area contributed by atoms with Gasteiger partial charge >= 0.3 is 0 Å². The van der Waals surface area contributed by atoms with Crippen molar-refractivity contribution in [2.75, 3.05) is 13.2 Å². The van der Waals surface area contributed by atoms with Crippen LogP contribution < -0.4 is 5.73 Å². The number of hydrogen-bond donors (Lipinski definition) is 1. The molecule has 0 spiro atoms. The molecule has 1 aromatic rings. The molecule has 1 atom stereocenters. The lowest BCUT2D eigenvalue weighted by Gasteiger charge is -2.27. The second kappa shape index (κ2) is 3.56. The van der Waals surface area contributed by atoms with Gasteiger partial charge in [-0.25, -0.2) is 0 Å². The zero-order chi connectivity index (χ0) is 10.0. The molecule has 2 heteroatoms. The van der Waals surface area contributed by atoms with Gasteiger partial charge < -0.3 is 10.5 Å². The van der Waals surface area contributed by atoms with Gasteiger partial charge in [0.25, 0.3) is 0 Å². The quantitative estimate of drug-likeness (QED) is 0.788. The first-order valence-corrected chi connectivity index (χ1v) is 4.95. The molecule has 74 valence electrons. The molecular formula is C12H15NO. The standard InChI is InChI=1S/C12H15NO/c1-2-14-12(9-13)8-7-10-5-3-4-6-11(10)12/h3-8H,2,9,13H2,1H3. The van der Waals surface area contributed by atoms with Gasteiger partial charge in [0.1, 0.15) is 5.60 Å². The second-order valence-electron chi connectivity index (χ2n) is 3.45. The van der Waals surface area contributed by atoms with Gasteiger partial charge in [0.05, 0.1) is 0 Å².